The molecule has 0 bridgehead atoms. The lowest BCUT2D eigenvalue weighted by Gasteiger charge is -2.24. The zero-order valence-electron chi connectivity index (χ0n) is 10.5. The van der Waals surface area contributed by atoms with Crippen LogP contribution in [0.15, 0.2) is 4.42 Å². The summed E-state index contributed by atoms with van der Waals surface area (Å²) in [6, 6.07) is 0.582. The monoisotopic (exact) mass is 250 g/mol. The number of amides is 1. The van der Waals surface area contributed by atoms with Crippen LogP contribution >= 0.6 is 0 Å². The Bertz CT molecular complexity index is 431. The van der Waals surface area contributed by atoms with Gasteiger partial charge in [-0.2, -0.15) is 0 Å². The van der Waals surface area contributed by atoms with Crippen molar-refractivity contribution in [3.63, 3.8) is 0 Å². The lowest BCUT2D eigenvalue weighted by Crippen LogP contribution is -2.39. The highest BCUT2D eigenvalue weighted by Gasteiger charge is 2.38. The van der Waals surface area contributed by atoms with Crippen molar-refractivity contribution in [3.8, 4) is 0 Å². The molecule has 1 saturated heterocycles. The summed E-state index contributed by atoms with van der Waals surface area (Å²) in [7, 11) is 0. The van der Waals surface area contributed by atoms with Gasteiger partial charge in [0, 0.05) is 13.0 Å². The third-order valence-corrected chi connectivity index (χ3v) is 3.94. The molecule has 0 spiro atoms. The number of hydrogen-bond donors (Lipinski definition) is 2. The van der Waals surface area contributed by atoms with E-state index < -0.39 is 0 Å². The molecule has 98 valence electrons. The molecule has 1 amide bonds. The van der Waals surface area contributed by atoms with E-state index >= 15 is 0 Å². The molecule has 0 radical (unpaired) electrons. The first-order valence-electron chi connectivity index (χ1n) is 6.59. The van der Waals surface area contributed by atoms with Crippen LogP contribution in [0.2, 0.25) is 0 Å². The first-order chi connectivity index (χ1) is 8.72. The highest BCUT2D eigenvalue weighted by molar-refractivity contribution is 5.93. The maximum absolute atomic E-state index is 12.1. The zero-order valence-corrected chi connectivity index (χ0v) is 10.5. The van der Waals surface area contributed by atoms with Crippen molar-refractivity contribution in [3.05, 3.63) is 5.89 Å². The molecule has 6 nitrogen and oxygen atoms in total. The molecule has 2 fully saturated rings. The summed E-state index contributed by atoms with van der Waals surface area (Å²) in [5.74, 6) is 1.05. The molecule has 3 atom stereocenters. The molecule has 3 rings (SSSR count). The quantitative estimate of drug-likeness (QED) is 0.825. The fourth-order valence-corrected chi connectivity index (χ4v) is 3.06. The molecule has 2 aliphatic rings. The largest absolute Gasteiger partial charge is 0.408 e. The second-order valence-electron chi connectivity index (χ2n) is 5.22. The Kier molecular flexibility index (Phi) is 3.03. The number of nitrogens with zero attached hydrogens (tertiary/aromatic N) is 2. The number of aryl methyl sites for hydroxylation is 1. The highest BCUT2D eigenvalue weighted by atomic mass is 16.4. The minimum absolute atomic E-state index is 0.0620. The Hall–Kier alpha value is -1.43. The van der Waals surface area contributed by atoms with E-state index in [1.807, 2.05) is 0 Å². The van der Waals surface area contributed by atoms with Crippen LogP contribution in [-0.4, -0.2) is 28.2 Å². The minimum atomic E-state index is -0.120. The summed E-state index contributed by atoms with van der Waals surface area (Å²) in [5, 5.41) is 13.5. The average molecular weight is 250 g/mol. The second kappa shape index (κ2) is 4.68. The normalized spacial score (nSPS) is 31.1. The van der Waals surface area contributed by atoms with Gasteiger partial charge in [0.05, 0.1) is 6.04 Å². The van der Waals surface area contributed by atoms with Gasteiger partial charge in [-0.1, -0.05) is 17.9 Å². The van der Waals surface area contributed by atoms with Gasteiger partial charge in [-0.15, -0.1) is 5.10 Å². The van der Waals surface area contributed by atoms with Gasteiger partial charge in [0.2, 0.25) is 11.8 Å². The van der Waals surface area contributed by atoms with Crippen molar-refractivity contribution in [1.29, 1.82) is 0 Å². The van der Waals surface area contributed by atoms with Crippen LogP contribution < -0.4 is 10.6 Å². The van der Waals surface area contributed by atoms with Gasteiger partial charge in [-0.3, -0.25) is 10.1 Å². The minimum Gasteiger partial charge on any atom is -0.408 e. The van der Waals surface area contributed by atoms with Gasteiger partial charge in [0.15, 0.2) is 0 Å². The molecule has 6 heteroatoms. The summed E-state index contributed by atoms with van der Waals surface area (Å²) < 4.78 is 5.15. The molecule has 3 unspecified atom stereocenters. The molecule has 0 aromatic carbocycles. The molecular formula is C12H18N4O2. The summed E-state index contributed by atoms with van der Waals surface area (Å²) in [6.07, 6.45) is 5.91. The van der Waals surface area contributed by atoms with E-state index in [9.17, 15) is 4.79 Å². The molecule has 2 heterocycles. The Morgan fingerprint density at radius 1 is 1.39 bits per heavy atom. The van der Waals surface area contributed by atoms with E-state index in [-0.39, 0.29) is 18.0 Å². The second-order valence-corrected chi connectivity index (χ2v) is 5.22. The third-order valence-electron chi connectivity index (χ3n) is 3.94. The number of fused-ring (bicyclic) bond motifs is 1. The van der Waals surface area contributed by atoms with Crippen molar-refractivity contribution in [2.24, 2.45) is 5.92 Å². The Labute approximate surface area is 106 Å². The number of rotatable bonds is 2. The molecular weight excluding hydrogens is 232 g/mol. The summed E-state index contributed by atoms with van der Waals surface area (Å²) in [5.41, 5.74) is 0. The van der Waals surface area contributed by atoms with E-state index in [0.717, 1.165) is 6.42 Å². The number of nitrogens with one attached hydrogen (secondary N) is 2. The van der Waals surface area contributed by atoms with Crippen LogP contribution in [0.25, 0.3) is 0 Å². The first kappa shape index (κ1) is 11.6. The van der Waals surface area contributed by atoms with E-state index in [0.29, 0.717) is 17.9 Å². The van der Waals surface area contributed by atoms with Crippen LogP contribution in [0, 0.1) is 12.8 Å². The number of anilines is 1. The van der Waals surface area contributed by atoms with Crippen LogP contribution in [0.3, 0.4) is 0 Å². The molecule has 1 aliphatic carbocycles. The maximum Gasteiger partial charge on any atom is 0.322 e. The molecule has 18 heavy (non-hydrogen) atoms. The zero-order chi connectivity index (χ0) is 12.5. The van der Waals surface area contributed by atoms with Crippen molar-refractivity contribution in [2.75, 3.05) is 5.32 Å². The Morgan fingerprint density at radius 3 is 2.94 bits per heavy atom. The summed E-state index contributed by atoms with van der Waals surface area (Å²) >= 11 is 0. The van der Waals surface area contributed by atoms with Gasteiger partial charge < -0.3 is 9.73 Å². The Morgan fingerprint density at radius 2 is 2.22 bits per heavy atom. The predicted molar refractivity (Wildman–Crippen MR) is 65.0 cm³/mol. The maximum atomic E-state index is 12.1. The number of hydrogen-bond acceptors (Lipinski definition) is 5. The van der Waals surface area contributed by atoms with Crippen molar-refractivity contribution in [2.45, 2.75) is 51.1 Å². The molecule has 1 saturated carbocycles. The van der Waals surface area contributed by atoms with Crippen LogP contribution in [0.1, 0.15) is 38.0 Å². The van der Waals surface area contributed by atoms with Gasteiger partial charge in [-0.25, -0.2) is 0 Å². The van der Waals surface area contributed by atoms with Crippen molar-refractivity contribution in [1.82, 2.24) is 15.5 Å². The Balaban J connectivity index is 1.60. The lowest BCUT2D eigenvalue weighted by molar-refractivity contribution is -0.118. The average Bonchev–Trinajstić information content (AvgIpc) is 2.95. The molecule has 1 aromatic heterocycles. The van der Waals surface area contributed by atoms with Crippen LogP contribution in [-0.2, 0) is 4.79 Å². The number of carbonyl (C=O) groups is 1. The van der Waals surface area contributed by atoms with Gasteiger partial charge in [-0.05, 0) is 25.2 Å². The fraction of sp³-hybridized carbons (Fsp3) is 0.750. The highest BCUT2D eigenvalue weighted by Crippen LogP contribution is 2.33. The van der Waals surface area contributed by atoms with Gasteiger partial charge >= 0.3 is 6.01 Å². The van der Waals surface area contributed by atoms with E-state index in [2.05, 4.69) is 20.8 Å². The molecule has 1 aromatic rings. The molecule has 2 N–H and O–H groups in total. The van der Waals surface area contributed by atoms with E-state index in [1.54, 1.807) is 6.92 Å². The van der Waals surface area contributed by atoms with Gasteiger partial charge in [0.1, 0.15) is 0 Å². The first-order valence-corrected chi connectivity index (χ1v) is 6.59. The SMILES string of the molecule is Cc1nnc(NC(=O)C2CC3CCCCC3N2)o1. The van der Waals surface area contributed by atoms with Crippen molar-refractivity contribution < 1.29 is 9.21 Å². The summed E-state index contributed by atoms with van der Waals surface area (Å²) in [4.78, 5) is 12.1. The van der Waals surface area contributed by atoms with E-state index in [1.165, 1.54) is 25.7 Å². The van der Waals surface area contributed by atoms with Crippen molar-refractivity contribution >= 4 is 11.9 Å². The molecule has 1 aliphatic heterocycles. The topological polar surface area (TPSA) is 80.0 Å². The van der Waals surface area contributed by atoms with E-state index in [4.69, 9.17) is 4.42 Å². The standard InChI is InChI=1S/C12H18N4O2/c1-7-15-16-12(18-7)14-11(17)10-6-8-4-2-3-5-9(8)13-10/h8-10,13H,2-6H2,1H3,(H,14,16,17). The van der Waals surface area contributed by atoms with Gasteiger partial charge in [0.25, 0.3) is 0 Å². The van der Waals surface area contributed by atoms with Crippen LogP contribution in [0.5, 0.6) is 0 Å². The summed E-state index contributed by atoms with van der Waals surface area (Å²) in [6.45, 7) is 1.70. The number of carbonyl (C=O) groups excluding carboxylic acids is 1. The lowest BCUT2D eigenvalue weighted by atomic mass is 9.85. The fourth-order valence-electron chi connectivity index (χ4n) is 3.06. The predicted octanol–water partition coefficient (Wildman–Crippen LogP) is 1.24. The smallest absolute Gasteiger partial charge is 0.322 e. The number of aromatic nitrogens is 2. The third kappa shape index (κ3) is 2.25. The van der Waals surface area contributed by atoms with Crippen LogP contribution in [0.4, 0.5) is 6.01 Å².